The molecule has 1 fully saturated rings. The third-order valence-corrected chi connectivity index (χ3v) is 2.14. The van der Waals surface area contributed by atoms with Crippen molar-refractivity contribution in [1.29, 1.82) is 0 Å². The van der Waals surface area contributed by atoms with Crippen LogP contribution in [0.3, 0.4) is 0 Å². The average Bonchev–Trinajstić information content (AvgIpc) is 1.74. The molecular formula is C8H13F3O. The summed E-state index contributed by atoms with van der Waals surface area (Å²) in [4.78, 5) is 0. The van der Waals surface area contributed by atoms with Crippen LogP contribution in [0.1, 0.15) is 26.7 Å². The molecule has 1 aliphatic heterocycles. The molecule has 0 saturated carbocycles. The Morgan fingerprint density at radius 3 is 2.00 bits per heavy atom. The minimum Gasteiger partial charge on any atom is -0.365 e. The third-order valence-electron chi connectivity index (χ3n) is 2.14. The monoisotopic (exact) mass is 182 g/mol. The normalized spacial score (nSPS) is 30.5. The van der Waals surface area contributed by atoms with Crippen LogP contribution in [0.4, 0.5) is 13.2 Å². The van der Waals surface area contributed by atoms with Crippen LogP contribution in [0, 0.1) is 5.92 Å². The first kappa shape index (κ1) is 9.84. The smallest absolute Gasteiger partial charge is 0.365 e. The molecule has 0 amide bonds. The van der Waals surface area contributed by atoms with Gasteiger partial charge in [0.25, 0.3) is 0 Å². The molecule has 0 aliphatic carbocycles. The molecule has 0 bridgehead atoms. The highest BCUT2D eigenvalue weighted by Crippen LogP contribution is 2.46. The van der Waals surface area contributed by atoms with Crippen LogP contribution in [0.15, 0.2) is 0 Å². The second-order valence-corrected chi connectivity index (χ2v) is 3.69. The van der Waals surface area contributed by atoms with Crippen LogP contribution in [0.5, 0.6) is 0 Å². The van der Waals surface area contributed by atoms with Crippen molar-refractivity contribution in [2.45, 2.75) is 38.5 Å². The van der Waals surface area contributed by atoms with Gasteiger partial charge in [0.15, 0.2) is 5.60 Å². The lowest BCUT2D eigenvalue weighted by atomic mass is 9.85. The first-order valence-electron chi connectivity index (χ1n) is 4.08. The molecule has 0 aromatic carbocycles. The van der Waals surface area contributed by atoms with Gasteiger partial charge in [-0.3, -0.25) is 0 Å². The number of halogens is 3. The van der Waals surface area contributed by atoms with Crippen LogP contribution in [-0.4, -0.2) is 18.4 Å². The first-order chi connectivity index (χ1) is 5.37. The van der Waals surface area contributed by atoms with Crippen molar-refractivity contribution < 1.29 is 17.9 Å². The number of alkyl halides is 3. The summed E-state index contributed by atoms with van der Waals surface area (Å²) < 4.78 is 41.8. The van der Waals surface area contributed by atoms with E-state index in [2.05, 4.69) is 4.74 Å². The van der Waals surface area contributed by atoms with Gasteiger partial charge in [0, 0.05) is 6.42 Å². The topological polar surface area (TPSA) is 9.23 Å². The molecule has 72 valence electrons. The van der Waals surface area contributed by atoms with E-state index >= 15 is 0 Å². The maximum Gasteiger partial charge on any atom is 0.417 e. The SMILES string of the molecule is CC(C)CC1(C(F)(F)F)CCO1. The zero-order chi connectivity index (χ0) is 9.41. The Hall–Kier alpha value is -0.250. The van der Waals surface area contributed by atoms with Crippen molar-refractivity contribution in [3.05, 3.63) is 0 Å². The predicted octanol–water partition coefficient (Wildman–Crippen LogP) is 2.75. The highest BCUT2D eigenvalue weighted by Gasteiger charge is 2.59. The zero-order valence-corrected chi connectivity index (χ0v) is 7.24. The highest BCUT2D eigenvalue weighted by atomic mass is 19.4. The third kappa shape index (κ3) is 1.58. The molecule has 12 heavy (non-hydrogen) atoms. The van der Waals surface area contributed by atoms with Crippen molar-refractivity contribution in [3.8, 4) is 0 Å². The van der Waals surface area contributed by atoms with Crippen LogP contribution in [0.2, 0.25) is 0 Å². The molecular weight excluding hydrogens is 169 g/mol. The Balaban J connectivity index is 2.63. The fraction of sp³-hybridized carbons (Fsp3) is 1.00. The van der Waals surface area contributed by atoms with Crippen molar-refractivity contribution in [3.63, 3.8) is 0 Å². The maximum atomic E-state index is 12.4. The number of hydrogen-bond donors (Lipinski definition) is 0. The van der Waals surface area contributed by atoms with Gasteiger partial charge in [-0.25, -0.2) is 0 Å². The van der Waals surface area contributed by atoms with Gasteiger partial charge in [-0.05, 0) is 12.3 Å². The van der Waals surface area contributed by atoms with Gasteiger partial charge in [-0.15, -0.1) is 0 Å². The Kier molecular flexibility index (Phi) is 2.38. The summed E-state index contributed by atoms with van der Waals surface area (Å²) in [5.74, 6) is 0.0203. The lowest BCUT2D eigenvalue weighted by Crippen LogP contribution is -2.56. The molecule has 1 saturated heterocycles. The molecule has 1 aliphatic rings. The van der Waals surface area contributed by atoms with Gasteiger partial charge >= 0.3 is 6.18 Å². The fourth-order valence-electron chi connectivity index (χ4n) is 1.51. The predicted molar refractivity (Wildman–Crippen MR) is 38.8 cm³/mol. The van der Waals surface area contributed by atoms with E-state index in [9.17, 15) is 13.2 Å². The van der Waals surface area contributed by atoms with Crippen molar-refractivity contribution in [1.82, 2.24) is 0 Å². The molecule has 0 aromatic rings. The first-order valence-corrected chi connectivity index (χ1v) is 4.08. The van der Waals surface area contributed by atoms with Crippen LogP contribution in [-0.2, 0) is 4.74 Å². The van der Waals surface area contributed by atoms with Crippen LogP contribution < -0.4 is 0 Å². The van der Waals surface area contributed by atoms with Gasteiger partial charge < -0.3 is 4.74 Å². The van der Waals surface area contributed by atoms with E-state index in [1.54, 1.807) is 13.8 Å². The average molecular weight is 182 g/mol. The second kappa shape index (κ2) is 2.91. The van der Waals surface area contributed by atoms with Crippen LogP contribution in [0.25, 0.3) is 0 Å². The number of ether oxygens (including phenoxy) is 1. The Morgan fingerprint density at radius 1 is 1.42 bits per heavy atom. The lowest BCUT2D eigenvalue weighted by molar-refractivity contribution is -0.330. The second-order valence-electron chi connectivity index (χ2n) is 3.69. The summed E-state index contributed by atoms with van der Waals surface area (Å²) in [6.45, 7) is 3.79. The van der Waals surface area contributed by atoms with Gasteiger partial charge in [-0.1, -0.05) is 13.8 Å². The zero-order valence-electron chi connectivity index (χ0n) is 7.24. The van der Waals surface area contributed by atoms with E-state index in [0.29, 0.717) is 0 Å². The molecule has 0 N–H and O–H groups in total. The summed E-state index contributed by atoms with van der Waals surface area (Å²) >= 11 is 0. The Labute approximate surface area is 69.9 Å². The standard InChI is InChI=1S/C8H13F3O/c1-6(2)5-7(3-4-12-7)8(9,10)11/h6H,3-5H2,1-2H3. The van der Waals surface area contributed by atoms with Gasteiger partial charge in [-0.2, -0.15) is 13.2 Å². The summed E-state index contributed by atoms with van der Waals surface area (Å²) in [7, 11) is 0. The summed E-state index contributed by atoms with van der Waals surface area (Å²) in [5, 5.41) is 0. The number of hydrogen-bond acceptors (Lipinski definition) is 1. The summed E-state index contributed by atoms with van der Waals surface area (Å²) in [6.07, 6.45) is -4.00. The molecule has 1 rings (SSSR count). The van der Waals surface area contributed by atoms with E-state index in [1.165, 1.54) is 0 Å². The minimum atomic E-state index is -4.20. The molecule has 0 radical (unpaired) electrons. The van der Waals surface area contributed by atoms with E-state index in [0.717, 1.165) is 0 Å². The van der Waals surface area contributed by atoms with E-state index in [-0.39, 0.29) is 25.4 Å². The van der Waals surface area contributed by atoms with Gasteiger partial charge in [0.05, 0.1) is 6.61 Å². The van der Waals surface area contributed by atoms with E-state index in [1.807, 2.05) is 0 Å². The fourth-order valence-corrected chi connectivity index (χ4v) is 1.51. The quantitative estimate of drug-likeness (QED) is 0.638. The minimum absolute atomic E-state index is 0.0203. The molecule has 0 spiro atoms. The maximum absolute atomic E-state index is 12.4. The Bertz CT molecular complexity index is 158. The van der Waals surface area contributed by atoms with E-state index < -0.39 is 11.8 Å². The van der Waals surface area contributed by atoms with Gasteiger partial charge in [0.1, 0.15) is 0 Å². The van der Waals surface area contributed by atoms with Crippen molar-refractivity contribution >= 4 is 0 Å². The van der Waals surface area contributed by atoms with Crippen molar-refractivity contribution in [2.24, 2.45) is 5.92 Å². The molecule has 1 unspecified atom stereocenters. The number of rotatable bonds is 2. The lowest BCUT2D eigenvalue weighted by Gasteiger charge is -2.44. The Morgan fingerprint density at radius 2 is 1.92 bits per heavy atom. The van der Waals surface area contributed by atoms with E-state index in [4.69, 9.17) is 0 Å². The molecule has 1 atom stereocenters. The summed E-state index contributed by atoms with van der Waals surface area (Å²) in [6, 6.07) is 0. The molecule has 0 aromatic heterocycles. The van der Waals surface area contributed by atoms with Crippen LogP contribution >= 0.6 is 0 Å². The summed E-state index contributed by atoms with van der Waals surface area (Å²) in [5.41, 5.74) is -1.82. The van der Waals surface area contributed by atoms with Crippen molar-refractivity contribution in [2.75, 3.05) is 6.61 Å². The molecule has 4 heteroatoms. The molecule has 1 heterocycles. The molecule has 1 nitrogen and oxygen atoms in total. The highest BCUT2D eigenvalue weighted by molar-refractivity contribution is 4.95. The largest absolute Gasteiger partial charge is 0.417 e. The van der Waals surface area contributed by atoms with Gasteiger partial charge in [0.2, 0.25) is 0 Å².